The molecular weight excluding hydrogens is 244 g/mol. The summed E-state index contributed by atoms with van der Waals surface area (Å²) in [6.45, 7) is 0. The molecule has 0 unspecified atom stereocenters. The van der Waals surface area contributed by atoms with E-state index in [0.717, 1.165) is 12.3 Å². The van der Waals surface area contributed by atoms with Crippen LogP contribution in [-0.4, -0.2) is 16.9 Å². The van der Waals surface area contributed by atoms with Crippen molar-refractivity contribution < 1.29 is 9.72 Å². The van der Waals surface area contributed by atoms with Crippen molar-refractivity contribution in [1.82, 2.24) is 5.32 Å². The van der Waals surface area contributed by atoms with E-state index in [1.807, 2.05) is 0 Å². The maximum Gasteiger partial charge on any atom is 0.269 e. The van der Waals surface area contributed by atoms with E-state index < -0.39 is 4.92 Å². The molecule has 0 heterocycles. The molecule has 0 aliphatic heterocycles. The number of amides is 1. The highest BCUT2D eigenvalue weighted by molar-refractivity contribution is 5.94. The topological polar surface area (TPSA) is 72.2 Å². The van der Waals surface area contributed by atoms with Crippen LogP contribution in [0.25, 0.3) is 0 Å². The molecule has 100 valence electrons. The molecule has 2 saturated carbocycles. The van der Waals surface area contributed by atoms with Crippen molar-refractivity contribution in [2.45, 2.75) is 31.7 Å². The lowest BCUT2D eigenvalue weighted by Gasteiger charge is -2.22. The zero-order chi connectivity index (χ0) is 13.4. The first-order valence-electron chi connectivity index (χ1n) is 6.69. The van der Waals surface area contributed by atoms with Crippen molar-refractivity contribution >= 4 is 11.6 Å². The van der Waals surface area contributed by atoms with E-state index in [1.165, 1.54) is 43.5 Å². The largest absolute Gasteiger partial charge is 0.349 e. The van der Waals surface area contributed by atoms with Crippen molar-refractivity contribution in [2.24, 2.45) is 11.8 Å². The summed E-state index contributed by atoms with van der Waals surface area (Å²) in [6, 6.07) is 6.06. The van der Waals surface area contributed by atoms with Gasteiger partial charge in [-0.25, -0.2) is 0 Å². The predicted molar refractivity (Wildman–Crippen MR) is 69.8 cm³/mol. The molecule has 2 fully saturated rings. The van der Waals surface area contributed by atoms with E-state index in [9.17, 15) is 14.9 Å². The Morgan fingerprint density at radius 2 is 1.95 bits per heavy atom. The lowest BCUT2D eigenvalue weighted by atomic mass is 9.95. The molecule has 0 radical (unpaired) electrons. The number of rotatable bonds is 3. The molecule has 1 N–H and O–H groups in total. The highest BCUT2D eigenvalue weighted by Gasteiger charge is 2.40. The maximum atomic E-state index is 12.1. The quantitative estimate of drug-likeness (QED) is 0.670. The van der Waals surface area contributed by atoms with Gasteiger partial charge in [0, 0.05) is 23.7 Å². The number of nitro benzene ring substituents is 1. The monoisotopic (exact) mass is 260 g/mol. The van der Waals surface area contributed by atoms with Crippen LogP contribution in [0.3, 0.4) is 0 Å². The number of hydrogen-bond acceptors (Lipinski definition) is 3. The van der Waals surface area contributed by atoms with Gasteiger partial charge in [0.15, 0.2) is 0 Å². The maximum absolute atomic E-state index is 12.1. The first-order chi connectivity index (χ1) is 9.13. The Hall–Kier alpha value is -1.91. The molecule has 5 heteroatoms. The van der Waals surface area contributed by atoms with Gasteiger partial charge in [-0.1, -0.05) is 6.42 Å². The number of carbonyl (C=O) groups excluding carboxylic acids is 1. The van der Waals surface area contributed by atoms with Gasteiger partial charge < -0.3 is 5.32 Å². The van der Waals surface area contributed by atoms with E-state index in [0.29, 0.717) is 17.5 Å². The zero-order valence-electron chi connectivity index (χ0n) is 10.5. The Bertz CT molecular complexity index is 512. The van der Waals surface area contributed by atoms with Crippen molar-refractivity contribution in [2.75, 3.05) is 0 Å². The first kappa shape index (κ1) is 12.1. The van der Waals surface area contributed by atoms with Gasteiger partial charge in [-0.15, -0.1) is 0 Å². The van der Waals surface area contributed by atoms with Crippen LogP contribution in [0.5, 0.6) is 0 Å². The highest BCUT2D eigenvalue weighted by atomic mass is 16.6. The van der Waals surface area contributed by atoms with Gasteiger partial charge in [0.05, 0.1) is 4.92 Å². The molecule has 1 aromatic carbocycles. The minimum absolute atomic E-state index is 0.0106. The molecule has 0 saturated heterocycles. The normalized spacial score (nSPS) is 28.3. The molecule has 3 rings (SSSR count). The summed E-state index contributed by atoms with van der Waals surface area (Å²) in [5.41, 5.74) is 0.504. The van der Waals surface area contributed by atoms with Gasteiger partial charge in [-0.2, -0.15) is 0 Å². The third-order valence-electron chi connectivity index (χ3n) is 4.39. The van der Waals surface area contributed by atoms with Crippen LogP contribution in [0.15, 0.2) is 24.3 Å². The minimum atomic E-state index is -0.461. The second-order valence-electron chi connectivity index (χ2n) is 5.56. The van der Waals surface area contributed by atoms with Gasteiger partial charge in [0.1, 0.15) is 0 Å². The molecule has 2 aliphatic rings. The predicted octanol–water partition coefficient (Wildman–Crippen LogP) is 2.51. The Morgan fingerprint density at radius 3 is 2.47 bits per heavy atom. The number of fused-ring (bicyclic) bond motifs is 2. The van der Waals surface area contributed by atoms with Crippen molar-refractivity contribution in [3.8, 4) is 0 Å². The second-order valence-corrected chi connectivity index (χ2v) is 5.56. The average molecular weight is 260 g/mol. The number of nitrogens with one attached hydrogen (secondary N) is 1. The van der Waals surface area contributed by atoms with E-state index in [4.69, 9.17) is 0 Å². The average Bonchev–Trinajstić information content (AvgIpc) is 3.01. The number of nitrogens with zero attached hydrogens (tertiary/aromatic N) is 1. The SMILES string of the molecule is O=C(N[C@H]1C[C@@H]2CC[C@@H]1C2)c1ccc([N+](=O)[O-])cc1. The van der Waals surface area contributed by atoms with Crippen molar-refractivity contribution in [1.29, 1.82) is 0 Å². The van der Waals surface area contributed by atoms with Crippen LogP contribution in [0, 0.1) is 22.0 Å². The van der Waals surface area contributed by atoms with Crippen molar-refractivity contribution in [3.05, 3.63) is 39.9 Å². The number of non-ortho nitro benzene ring substituents is 1. The standard InChI is InChI=1S/C14H16N2O3/c17-14(10-3-5-12(6-4-10)16(18)19)15-13-8-9-1-2-11(13)7-9/h3-6,9,11,13H,1-2,7-8H2,(H,15,17)/t9-,11-,13+/m1/s1. The zero-order valence-corrected chi connectivity index (χ0v) is 10.5. The number of benzene rings is 1. The Kier molecular flexibility index (Phi) is 2.97. The van der Waals surface area contributed by atoms with Crippen molar-refractivity contribution in [3.63, 3.8) is 0 Å². The Balaban J connectivity index is 1.65. The fourth-order valence-corrected chi connectivity index (χ4v) is 3.41. The Morgan fingerprint density at radius 1 is 1.21 bits per heavy atom. The fourth-order valence-electron chi connectivity index (χ4n) is 3.41. The summed E-state index contributed by atoms with van der Waals surface area (Å²) >= 11 is 0. The van der Waals surface area contributed by atoms with E-state index >= 15 is 0 Å². The van der Waals surface area contributed by atoms with Gasteiger partial charge >= 0.3 is 0 Å². The van der Waals surface area contributed by atoms with E-state index in [-0.39, 0.29) is 11.6 Å². The van der Waals surface area contributed by atoms with Gasteiger partial charge in [0.2, 0.25) is 0 Å². The van der Waals surface area contributed by atoms with Gasteiger partial charge in [-0.3, -0.25) is 14.9 Å². The van der Waals surface area contributed by atoms with Crippen LogP contribution >= 0.6 is 0 Å². The summed E-state index contributed by atoms with van der Waals surface area (Å²) in [6.07, 6.45) is 4.85. The third-order valence-corrected chi connectivity index (χ3v) is 4.39. The van der Waals surface area contributed by atoms with Gasteiger partial charge in [-0.05, 0) is 43.2 Å². The third kappa shape index (κ3) is 2.32. The molecule has 0 spiro atoms. The summed E-state index contributed by atoms with van der Waals surface area (Å²) < 4.78 is 0. The summed E-state index contributed by atoms with van der Waals surface area (Å²) in [7, 11) is 0. The van der Waals surface area contributed by atoms with Crippen LogP contribution in [-0.2, 0) is 0 Å². The second kappa shape index (κ2) is 4.64. The van der Waals surface area contributed by atoms with Crippen LogP contribution in [0.2, 0.25) is 0 Å². The molecule has 0 aromatic heterocycles. The van der Waals surface area contributed by atoms with E-state index in [2.05, 4.69) is 5.32 Å². The number of nitro groups is 1. The lowest BCUT2D eigenvalue weighted by Crippen LogP contribution is -2.38. The molecule has 2 aliphatic carbocycles. The molecule has 19 heavy (non-hydrogen) atoms. The molecule has 5 nitrogen and oxygen atoms in total. The highest BCUT2D eigenvalue weighted by Crippen LogP contribution is 2.44. The van der Waals surface area contributed by atoms with E-state index in [1.54, 1.807) is 0 Å². The molecular formula is C14H16N2O3. The fraction of sp³-hybridized carbons (Fsp3) is 0.500. The Labute approximate surface area is 111 Å². The van der Waals surface area contributed by atoms with Gasteiger partial charge in [0.25, 0.3) is 11.6 Å². The molecule has 3 atom stereocenters. The van der Waals surface area contributed by atoms with Crippen LogP contribution < -0.4 is 5.32 Å². The first-order valence-corrected chi connectivity index (χ1v) is 6.69. The molecule has 1 aromatic rings. The lowest BCUT2D eigenvalue weighted by molar-refractivity contribution is -0.384. The summed E-state index contributed by atoms with van der Waals surface area (Å²) in [4.78, 5) is 22.2. The minimum Gasteiger partial charge on any atom is -0.349 e. The summed E-state index contributed by atoms with van der Waals surface area (Å²) in [5.74, 6) is 1.30. The number of hydrogen-bond donors (Lipinski definition) is 1. The smallest absolute Gasteiger partial charge is 0.269 e. The molecule has 1 amide bonds. The van der Waals surface area contributed by atoms with Crippen LogP contribution in [0.1, 0.15) is 36.0 Å². The summed E-state index contributed by atoms with van der Waals surface area (Å²) in [5, 5.41) is 13.6. The molecule has 2 bridgehead atoms. The van der Waals surface area contributed by atoms with Crippen LogP contribution in [0.4, 0.5) is 5.69 Å². The number of carbonyl (C=O) groups is 1.